The molecule has 1 aromatic carbocycles. The normalized spacial score (nSPS) is 10.5. The van der Waals surface area contributed by atoms with Crippen molar-refractivity contribution >= 4 is 16.8 Å². The van der Waals surface area contributed by atoms with Gasteiger partial charge in [0.05, 0.1) is 19.9 Å². The lowest BCUT2D eigenvalue weighted by molar-refractivity contribution is 0.0943. The van der Waals surface area contributed by atoms with Crippen LogP contribution in [0.25, 0.3) is 10.9 Å². The average Bonchev–Trinajstić information content (AvgIpc) is 3.02. The fraction of sp³-hybridized carbons (Fsp3) is 0.176. The third kappa shape index (κ3) is 3.60. The maximum absolute atomic E-state index is 12.1. The largest absolute Gasteiger partial charge is 0.497 e. The number of nitrogens with one attached hydrogen (secondary N) is 2. The molecule has 0 spiro atoms. The van der Waals surface area contributed by atoms with E-state index >= 15 is 0 Å². The molecule has 0 atom stereocenters. The van der Waals surface area contributed by atoms with E-state index in [2.05, 4.69) is 15.3 Å². The Kier molecular flexibility index (Phi) is 4.42. The van der Waals surface area contributed by atoms with Gasteiger partial charge in [-0.15, -0.1) is 0 Å². The van der Waals surface area contributed by atoms with E-state index in [9.17, 15) is 4.79 Å². The van der Waals surface area contributed by atoms with E-state index in [1.54, 1.807) is 31.6 Å². The molecular weight excluding hydrogens is 294 g/mol. The number of benzene rings is 1. The van der Waals surface area contributed by atoms with E-state index in [0.29, 0.717) is 24.6 Å². The Morgan fingerprint density at radius 2 is 2.17 bits per heavy atom. The molecule has 0 unspecified atom stereocenters. The van der Waals surface area contributed by atoms with E-state index in [1.807, 2.05) is 24.3 Å². The highest BCUT2D eigenvalue weighted by molar-refractivity contribution is 5.98. The van der Waals surface area contributed by atoms with Gasteiger partial charge in [0, 0.05) is 17.1 Å². The highest BCUT2D eigenvalue weighted by Gasteiger charge is 2.09. The van der Waals surface area contributed by atoms with E-state index in [0.717, 1.165) is 16.7 Å². The zero-order chi connectivity index (χ0) is 16.1. The SMILES string of the molecule is COc1ccc2[nH]c(C(=O)NCCOc3cccnc3)cc2c1. The summed E-state index contributed by atoms with van der Waals surface area (Å²) >= 11 is 0. The van der Waals surface area contributed by atoms with Gasteiger partial charge < -0.3 is 19.8 Å². The summed E-state index contributed by atoms with van der Waals surface area (Å²) in [7, 11) is 1.61. The number of methoxy groups -OCH3 is 1. The van der Waals surface area contributed by atoms with E-state index < -0.39 is 0 Å². The van der Waals surface area contributed by atoms with Crippen LogP contribution in [0, 0.1) is 0 Å². The Morgan fingerprint density at radius 1 is 1.26 bits per heavy atom. The lowest BCUT2D eigenvalue weighted by Crippen LogP contribution is -2.28. The van der Waals surface area contributed by atoms with Crippen LogP contribution in [0.15, 0.2) is 48.8 Å². The van der Waals surface area contributed by atoms with Gasteiger partial charge in [-0.1, -0.05) is 0 Å². The topological polar surface area (TPSA) is 76.2 Å². The molecule has 118 valence electrons. The van der Waals surface area contributed by atoms with Gasteiger partial charge in [0.15, 0.2) is 0 Å². The molecule has 0 aliphatic rings. The molecule has 2 N–H and O–H groups in total. The number of hydrogen-bond acceptors (Lipinski definition) is 4. The summed E-state index contributed by atoms with van der Waals surface area (Å²) in [5.74, 6) is 1.27. The van der Waals surface area contributed by atoms with Crippen molar-refractivity contribution in [2.45, 2.75) is 0 Å². The number of fused-ring (bicyclic) bond motifs is 1. The van der Waals surface area contributed by atoms with Gasteiger partial charge >= 0.3 is 0 Å². The molecule has 0 radical (unpaired) electrons. The molecule has 0 aliphatic heterocycles. The number of carbonyl (C=O) groups is 1. The maximum Gasteiger partial charge on any atom is 0.267 e. The second-order valence-corrected chi connectivity index (χ2v) is 4.93. The van der Waals surface area contributed by atoms with Crippen LogP contribution in [0.4, 0.5) is 0 Å². The molecule has 0 fully saturated rings. The Morgan fingerprint density at radius 3 is 2.96 bits per heavy atom. The van der Waals surface area contributed by atoms with Gasteiger partial charge in [-0.2, -0.15) is 0 Å². The predicted octanol–water partition coefficient (Wildman–Crippen LogP) is 2.38. The summed E-state index contributed by atoms with van der Waals surface area (Å²) in [4.78, 5) is 19.2. The number of pyridine rings is 1. The van der Waals surface area contributed by atoms with Crippen LogP contribution in [-0.4, -0.2) is 36.1 Å². The zero-order valence-electron chi connectivity index (χ0n) is 12.7. The molecule has 0 aliphatic carbocycles. The van der Waals surface area contributed by atoms with E-state index in [-0.39, 0.29) is 5.91 Å². The second kappa shape index (κ2) is 6.83. The third-order valence-corrected chi connectivity index (χ3v) is 3.36. The number of carbonyl (C=O) groups excluding carboxylic acids is 1. The fourth-order valence-electron chi connectivity index (χ4n) is 2.22. The summed E-state index contributed by atoms with van der Waals surface area (Å²) in [5, 5.41) is 3.74. The van der Waals surface area contributed by atoms with E-state index in [4.69, 9.17) is 9.47 Å². The van der Waals surface area contributed by atoms with Gasteiger partial charge in [0.2, 0.25) is 0 Å². The first-order valence-corrected chi connectivity index (χ1v) is 7.24. The maximum atomic E-state index is 12.1. The predicted molar refractivity (Wildman–Crippen MR) is 86.9 cm³/mol. The van der Waals surface area contributed by atoms with Crippen molar-refractivity contribution in [3.05, 3.63) is 54.5 Å². The Balaban J connectivity index is 1.55. The van der Waals surface area contributed by atoms with Crippen molar-refractivity contribution in [3.63, 3.8) is 0 Å². The van der Waals surface area contributed by atoms with Crippen molar-refractivity contribution in [2.24, 2.45) is 0 Å². The fourth-order valence-corrected chi connectivity index (χ4v) is 2.22. The lowest BCUT2D eigenvalue weighted by atomic mass is 10.2. The monoisotopic (exact) mass is 311 g/mol. The molecule has 0 saturated carbocycles. The molecule has 1 amide bonds. The van der Waals surface area contributed by atoms with Crippen LogP contribution in [0.2, 0.25) is 0 Å². The summed E-state index contributed by atoms with van der Waals surface area (Å²) in [6.07, 6.45) is 3.31. The number of H-pyrrole nitrogens is 1. The Bertz CT molecular complexity index is 799. The number of rotatable bonds is 6. The molecule has 3 rings (SSSR count). The molecule has 2 aromatic heterocycles. The van der Waals surface area contributed by atoms with Crippen LogP contribution in [-0.2, 0) is 0 Å². The molecule has 6 nitrogen and oxygen atoms in total. The summed E-state index contributed by atoms with van der Waals surface area (Å²) in [6, 6.07) is 11.0. The first kappa shape index (κ1) is 14.9. The van der Waals surface area contributed by atoms with Crippen molar-refractivity contribution < 1.29 is 14.3 Å². The quantitative estimate of drug-likeness (QED) is 0.685. The highest BCUT2D eigenvalue weighted by Crippen LogP contribution is 2.21. The van der Waals surface area contributed by atoms with Crippen LogP contribution < -0.4 is 14.8 Å². The second-order valence-electron chi connectivity index (χ2n) is 4.93. The van der Waals surface area contributed by atoms with Gasteiger partial charge in [-0.25, -0.2) is 0 Å². The molecule has 0 bridgehead atoms. The number of nitrogens with zero attached hydrogens (tertiary/aromatic N) is 1. The van der Waals surface area contributed by atoms with E-state index in [1.165, 1.54) is 0 Å². The van der Waals surface area contributed by atoms with Crippen molar-refractivity contribution in [1.82, 2.24) is 15.3 Å². The minimum atomic E-state index is -0.171. The zero-order valence-corrected chi connectivity index (χ0v) is 12.7. The first-order valence-electron chi connectivity index (χ1n) is 7.24. The summed E-state index contributed by atoms with van der Waals surface area (Å²) < 4.78 is 10.7. The van der Waals surface area contributed by atoms with Crippen molar-refractivity contribution in [3.8, 4) is 11.5 Å². The van der Waals surface area contributed by atoms with Crippen molar-refractivity contribution in [1.29, 1.82) is 0 Å². The minimum Gasteiger partial charge on any atom is -0.497 e. The first-order chi connectivity index (χ1) is 11.3. The molecular formula is C17H17N3O3. The van der Waals surface area contributed by atoms with Crippen LogP contribution >= 0.6 is 0 Å². The lowest BCUT2D eigenvalue weighted by Gasteiger charge is -2.06. The van der Waals surface area contributed by atoms with Crippen LogP contribution in [0.3, 0.4) is 0 Å². The van der Waals surface area contributed by atoms with Crippen LogP contribution in [0.1, 0.15) is 10.5 Å². The number of ether oxygens (including phenoxy) is 2. The third-order valence-electron chi connectivity index (χ3n) is 3.36. The standard InChI is InChI=1S/C17H17N3O3/c1-22-13-4-5-15-12(9-13)10-16(20-15)17(21)19-7-8-23-14-3-2-6-18-11-14/h2-6,9-11,20H,7-8H2,1H3,(H,19,21). The molecule has 6 heteroatoms. The Hall–Kier alpha value is -3.02. The van der Waals surface area contributed by atoms with Gasteiger partial charge in [0.25, 0.3) is 5.91 Å². The van der Waals surface area contributed by atoms with Crippen LogP contribution in [0.5, 0.6) is 11.5 Å². The highest BCUT2D eigenvalue weighted by atomic mass is 16.5. The van der Waals surface area contributed by atoms with Gasteiger partial charge in [0.1, 0.15) is 23.8 Å². The van der Waals surface area contributed by atoms with Crippen molar-refractivity contribution in [2.75, 3.05) is 20.3 Å². The van der Waals surface area contributed by atoms with Gasteiger partial charge in [-0.05, 0) is 36.4 Å². The number of amides is 1. The number of aromatic amines is 1. The number of aromatic nitrogens is 2. The molecule has 3 aromatic rings. The average molecular weight is 311 g/mol. The summed E-state index contributed by atoms with van der Waals surface area (Å²) in [6.45, 7) is 0.790. The minimum absolute atomic E-state index is 0.171. The Labute approximate surface area is 133 Å². The summed E-state index contributed by atoms with van der Waals surface area (Å²) in [5.41, 5.74) is 1.40. The molecule has 2 heterocycles. The molecule has 0 saturated heterocycles. The van der Waals surface area contributed by atoms with Gasteiger partial charge in [-0.3, -0.25) is 9.78 Å². The number of hydrogen-bond donors (Lipinski definition) is 2. The molecule has 23 heavy (non-hydrogen) atoms. The smallest absolute Gasteiger partial charge is 0.267 e.